The molecule has 5 heteroatoms. The zero-order valence-corrected chi connectivity index (χ0v) is 13.5. The van der Waals surface area contributed by atoms with Gasteiger partial charge in [0.25, 0.3) is 0 Å². The van der Waals surface area contributed by atoms with Gasteiger partial charge in [-0.25, -0.2) is 0 Å². The molecular formula is C17H23ClN2O2. The molecule has 1 aliphatic heterocycles. The van der Waals surface area contributed by atoms with Crippen molar-refractivity contribution in [1.29, 1.82) is 0 Å². The van der Waals surface area contributed by atoms with Crippen LogP contribution in [0.3, 0.4) is 0 Å². The minimum Gasteiger partial charge on any atom is -0.370 e. The first-order valence-electron chi connectivity index (χ1n) is 8.01. The Morgan fingerprint density at radius 2 is 2.00 bits per heavy atom. The number of benzene rings is 1. The first-order valence-corrected chi connectivity index (χ1v) is 8.39. The summed E-state index contributed by atoms with van der Waals surface area (Å²) in [6.07, 6.45) is 3.98. The topological polar surface area (TPSA) is 55.6 Å². The van der Waals surface area contributed by atoms with Crippen molar-refractivity contribution >= 4 is 17.5 Å². The lowest BCUT2D eigenvalue weighted by atomic mass is 9.84. The summed E-state index contributed by atoms with van der Waals surface area (Å²) < 4.78 is 5.85. The van der Waals surface area contributed by atoms with Crippen molar-refractivity contribution in [3.63, 3.8) is 0 Å². The standard InChI is InChI=1S/C17H23ClN2O2/c18-14-5-3-13(4-6-14)15-11-20(9-10-22-15)16(21)17(12-19)7-1-2-8-17/h3-6,15H,1-2,7-12,19H2. The Hall–Kier alpha value is -1.10. The van der Waals surface area contributed by atoms with Crippen LogP contribution in [-0.4, -0.2) is 37.0 Å². The molecule has 1 aliphatic carbocycles. The van der Waals surface area contributed by atoms with Crippen molar-refractivity contribution < 1.29 is 9.53 Å². The molecule has 1 aromatic carbocycles. The van der Waals surface area contributed by atoms with Gasteiger partial charge in [0.15, 0.2) is 0 Å². The fourth-order valence-electron chi connectivity index (χ4n) is 3.61. The van der Waals surface area contributed by atoms with Gasteiger partial charge in [-0.2, -0.15) is 0 Å². The van der Waals surface area contributed by atoms with E-state index in [1.807, 2.05) is 29.2 Å². The van der Waals surface area contributed by atoms with E-state index in [-0.39, 0.29) is 17.4 Å². The van der Waals surface area contributed by atoms with Crippen LogP contribution in [0.4, 0.5) is 0 Å². The van der Waals surface area contributed by atoms with Gasteiger partial charge in [0.05, 0.1) is 18.6 Å². The van der Waals surface area contributed by atoms with Crippen LogP contribution >= 0.6 is 11.6 Å². The second-order valence-electron chi connectivity index (χ2n) is 6.35. The molecule has 2 N–H and O–H groups in total. The van der Waals surface area contributed by atoms with Crippen LogP contribution in [0.2, 0.25) is 5.02 Å². The van der Waals surface area contributed by atoms with Gasteiger partial charge in [0, 0.05) is 18.1 Å². The van der Waals surface area contributed by atoms with Gasteiger partial charge >= 0.3 is 0 Å². The lowest BCUT2D eigenvalue weighted by molar-refractivity contribution is -0.149. The SMILES string of the molecule is NCC1(C(=O)N2CCOC(c3ccc(Cl)cc3)C2)CCCC1. The summed E-state index contributed by atoms with van der Waals surface area (Å²) in [5.41, 5.74) is 6.68. The van der Waals surface area contributed by atoms with E-state index >= 15 is 0 Å². The number of nitrogens with zero attached hydrogens (tertiary/aromatic N) is 1. The third-order valence-corrected chi connectivity index (χ3v) is 5.25. The highest BCUT2D eigenvalue weighted by molar-refractivity contribution is 6.30. The number of carbonyl (C=O) groups is 1. The van der Waals surface area contributed by atoms with Gasteiger partial charge in [0.1, 0.15) is 6.10 Å². The molecule has 2 fully saturated rings. The van der Waals surface area contributed by atoms with E-state index in [0.29, 0.717) is 31.3 Å². The molecule has 120 valence electrons. The fraction of sp³-hybridized carbons (Fsp3) is 0.588. The number of ether oxygens (including phenoxy) is 1. The second kappa shape index (κ2) is 6.57. The molecule has 1 unspecified atom stereocenters. The van der Waals surface area contributed by atoms with Crippen molar-refractivity contribution in [1.82, 2.24) is 4.90 Å². The molecule has 22 heavy (non-hydrogen) atoms. The van der Waals surface area contributed by atoms with E-state index in [9.17, 15) is 4.79 Å². The Morgan fingerprint density at radius 1 is 1.32 bits per heavy atom. The molecule has 1 saturated heterocycles. The number of carbonyl (C=O) groups excluding carboxylic acids is 1. The summed E-state index contributed by atoms with van der Waals surface area (Å²) in [5, 5.41) is 0.709. The molecule has 2 aliphatic rings. The Bertz CT molecular complexity index is 526. The number of halogens is 1. The van der Waals surface area contributed by atoms with Crippen LogP contribution < -0.4 is 5.73 Å². The average molecular weight is 323 g/mol. The first-order chi connectivity index (χ1) is 10.6. The van der Waals surface area contributed by atoms with Crippen LogP contribution in [0.1, 0.15) is 37.4 Å². The van der Waals surface area contributed by atoms with Crippen molar-refractivity contribution in [3.8, 4) is 0 Å². The van der Waals surface area contributed by atoms with Crippen LogP contribution in [-0.2, 0) is 9.53 Å². The molecule has 1 amide bonds. The molecule has 4 nitrogen and oxygen atoms in total. The summed E-state index contributed by atoms with van der Waals surface area (Å²) in [6.45, 7) is 2.28. The van der Waals surface area contributed by atoms with Gasteiger partial charge in [-0.3, -0.25) is 4.79 Å². The second-order valence-corrected chi connectivity index (χ2v) is 6.79. The molecule has 0 spiro atoms. The number of hydrogen-bond acceptors (Lipinski definition) is 3. The normalized spacial score (nSPS) is 24.5. The van der Waals surface area contributed by atoms with E-state index in [0.717, 1.165) is 31.2 Å². The van der Waals surface area contributed by atoms with Crippen LogP contribution in [0.15, 0.2) is 24.3 Å². The van der Waals surface area contributed by atoms with E-state index in [1.165, 1.54) is 0 Å². The summed E-state index contributed by atoms with van der Waals surface area (Å²) in [7, 11) is 0. The molecule has 1 atom stereocenters. The number of rotatable bonds is 3. The minimum absolute atomic E-state index is 0.0776. The highest BCUT2D eigenvalue weighted by atomic mass is 35.5. The van der Waals surface area contributed by atoms with Crippen molar-refractivity contribution in [2.45, 2.75) is 31.8 Å². The number of amides is 1. The predicted molar refractivity (Wildman–Crippen MR) is 86.7 cm³/mol. The van der Waals surface area contributed by atoms with Gasteiger partial charge in [-0.05, 0) is 30.5 Å². The molecule has 0 radical (unpaired) electrons. The maximum atomic E-state index is 13.0. The molecule has 1 heterocycles. The number of morpholine rings is 1. The Labute approximate surface area is 136 Å². The average Bonchev–Trinajstić information content (AvgIpc) is 3.05. The largest absolute Gasteiger partial charge is 0.370 e. The zero-order valence-electron chi connectivity index (χ0n) is 12.8. The Kier molecular flexibility index (Phi) is 4.71. The monoisotopic (exact) mass is 322 g/mol. The predicted octanol–water partition coefficient (Wildman–Crippen LogP) is 2.76. The van der Waals surface area contributed by atoms with Crippen molar-refractivity contribution in [2.75, 3.05) is 26.2 Å². The van der Waals surface area contributed by atoms with Gasteiger partial charge in [0.2, 0.25) is 5.91 Å². The van der Waals surface area contributed by atoms with E-state index in [4.69, 9.17) is 22.1 Å². The Balaban J connectivity index is 1.72. The van der Waals surface area contributed by atoms with Crippen LogP contribution in [0, 0.1) is 5.41 Å². The van der Waals surface area contributed by atoms with Crippen molar-refractivity contribution in [3.05, 3.63) is 34.9 Å². The summed E-state index contributed by atoms with van der Waals surface area (Å²) >= 11 is 5.93. The van der Waals surface area contributed by atoms with E-state index in [2.05, 4.69) is 0 Å². The smallest absolute Gasteiger partial charge is 0.230 e. The lowest BCUT2D eigenvalue weighted by Crippen LogP contribution is -2.51. The maximum absolute atomic E-state index is 13.0. The minimum atomic E-state index is -0.331. The first kappa shape index (κ1) is 15.8. The lowest BCUT2D eigenvalue weighted by Gasteiger charge is -2.38. The Morgan fingerprint density at radius 3 is 2.64 bits per heavy atom. The fourth-order valence-corrected chi connectivity index (χ4v) is 3.73. The quantitative estimate of drug-likeness (QED) is 0.931. The molecule has 1 saturated carbocycles. The molecule has 1 aromatic rings. The molecule has 0 aromatic heterocycles. The highest BCUT2D eigenvalue weighted by Gasteiger charge is 2.43. The third kappa shape index (κ3) is 3.00. The number of nitrogens with two attached hydrogens (primary N) is 1. The summed E-state index contributed by atoms with van der Waals surface area (Å²) in [4.78, 5) is 14.9. The molecular weight excluding hydrogens is 300 g/mol. The maximum Gasteiger partial charge on any atom is 0.230 e. The highest BCUT2D eigenvalue weighted by Crippen LogP contribution is 2.39. The third-order valence-electron chi connectivity index (χ3n) is 5.00. The van der Waals surface area contributed by atoms with Gasteiger partial charge < -0.3 is 15.4 Å². The summed E-state index contributed by atoms with van der Waals surface area (Å²) in [6, 6.07) is 7.66. The van der Waals surface area contributed by atoms with E-state index < -0.39 is 0 Å². The zero-order chi connectivity index (χ0) is 15.6. The van der Waals surface area contributed by atoms with Gasteiger partial charge in [-0.15, -0.1) is 0 Å². The van der Waals surface area contributed by atoms with Crippen LogP contribution in [0.25, 0.3) is 0 Å². The summed E-state index contributed by atoms with van der Waals surface area (Å²) in [5.74, 6) is 0.217. The number of hydrogen-bond donors (Lipinski definition) is 1. The van der Waals surface area contributed by atoms with Crippen molar-refractivity contribution in [2.24, 2.45) is 11.1 Å². The molecule has 3 rings (SSSR count). The van der Waals surface area contributed by atoms with Crippen LogP contribution in [0.5, 0.6) is 0 Å². The molecule has 0 bridgehead atoms. The van der Waals surface area contributed by atoms with E-state index in [1.54, 1.807) is 0 Å². The van der Waals surface area contributed by atoms with Gasteiger partial charge in [-0.1, -0.05) is 36.6 Å².